The van der Waals surface area contributed by atoms with E-state index in [0.29, 0.717) is 11.0 Å². The smallest absolute Gasteiger partial charge is 0.417 e. The summed E-state index contributed by atoms with van der Waals surface area (Å²) in [7, 11) is 0. The molecule has 3 aliphatic rings. The lowest BCUT2D eigenvalue weighted by Gasteiger charge is -2.29. The van der Waals surface area contributed by atoms with E-state index in [1.165, 1.54) is 6.07 Å². The van der Waals surface area contributed by atoms with Crippen molar-refractivity contribution in [2.24, 2.45) is 11.8 Å². The number of nitriles is 1. The third kappa shape index (κ3) is 3.93. The molecule has 0 N–H and O–H groups in total. The lowest BCUT2D eigenvalue weighted by atomic mass is 9.71. The number of fused-ring (bicyclic) bond motifs is 5. The Morgan fingerprint density at radius 2 is 1.63 bits per heavy atom. The molecule has 0 aromatic heterocycles. The summed E-state index contributed by atoms with van der Waals surface area (Å²) in [6.07, 6.45) is -6.08. The predicted molar refractivity (Wildman–Crippen MR) is 119 cm³/mol. The Kier molecular flexibility index (Phi) is 5.65. The van der Waals surface area contributed by atoms with Crippen LogP contribution in [0.4, 0.5) is 32.0 Å². The predicted octanol–water partition coefficient (Wildman–Crippen LogP) is 5.27. The second-order valence-corrected chi connectivity index (χ2v) is 9.50. The standard InChI is InChI=1S/C26H18F6N2O4/c1-23-8-9-24(38-23,10-11-37-17-6-3-15(4-7-17)25(27,28)29)20-19(23)21(35)34(22(20)36)16-5-2-14(13-33)18(12-16)26(30,31)32/h2-9,12,19-20H,10-11H2,1H3/t19-,20+,23?,24?/m1/s1. The van der Waals surface area contributed by atoms with E-state index in [1.807, 2.05) is 0 Å². The van der Waals surface area contributed by atoms with Gasteiger partial charge in [-0.05, 0) is 49.4 Å². The van der Waals surface area contributed by atoms with E-state index in [-0.39, 0.29) is 24.5 Å². The van der Waals surface area contributed by atoms with Gasteiger partial charge in [0.2, 0.25) is 11.8 Å². The number of amides is 2. The molecule has 6 nitrogen and oxygen atoms in total. The molecule has 0 radical (unpaired) electrons. The average molecular weight is 536 g/mol. The third-order valence-electron chi connectivity index (χ3n) is 7.19. The molecule has 0 spiro atoms. The van der Waals surface area contributed by atoms with Crippen molar-refractivity contribution >= 4 is 17.5 Å². The van der Waals surface area contributed by atoms with E-state index in [0.717, 1.165) is 36.4 Å². The number of carbonyl (C=O) groups excluding carboxylic acids is 2. The number of carbonyl (C=O) groups is 2. The fourth-order valence-electron chi connectivity index (χ4n) is 5.47. The molecule has 5 rings (SSSR count). The van der Waals surface area contributed by atoms with Crippen molar-refractivity contribution in [3.63, 3.8) is 0 Å². The van der Waals surface area contributed by atoms with E-state index in [1.54, 1.807) is 19.1 Å². The summed E-state index contributed by atoms with van der Waals surface area (Å²) in [5.41, 5.74) is -5.55. The molecule has 198 valence electrons. The van der Waals surface area contributed by atoms with E-state index in [2.05, 4.69) is 0 Å². The van der Waals surface area contributed by atoms with Crippen LogP contribution in [0, 0.1) is 23.2 Å². The quantitative estimate of drug-likeness (QED) is 0.296. The maximum Gasteiger partial charge on any atom is 0.417 e. The number of alkyl halides is 6. The van der Waals surface area contributed by atoms with Crippen LogP contribution in [0.2, 0.25) is 0 Å². The van der Waals surface area contributed by atoms with Crippen LogP contribution in [-0.4, -0.2) is 29.6 Å². The first-order chi connectivity index (χ1) is 17.7. The zero-order valence-electron chi connectivity index (χ0n) is 19.6. The Bertz CT molecular complexity index is 1390. The van der Waals surface area contributed by atoms with Crippen LogP contribution in [-0.2, 0) is 26.7 Å². The van der Waals surface area contributed by atoms with Crippen LogP contribution in [0.3, 0.4) is 0 Å². The maximum atomic E-state index is 13.5. The molecule has 2 amide bonds. The van der Waals surface area contributed by atoms with Crippen molar-refractivity contribution in [1.82, 2.24) is 0 Å². The molecule has 3 aliphatic heterocycles. The molecule has 2 unspecified atom stereocenters. The van der Waals surface area contributed by atoms with Crippen molar-refractivity contribution in [3.05, 3.63) is 71.3 Å². The molecule has 2 bridgehead atoms. The van der Waals surface area contributed by atoms with Gasteiger partial charge in [0.1, 0.15) is 11.4 Å². The molecule has 0 aliphatic carbocycles. The number of imide groups is 1. The van der Waals surface area contributed by atoms with Crippen molar-refractivity contribution in [3.8, 4) is 11.8 Å². The summed E-state index contributed by atoms with van der Waals surface area (Å²) in [6.45, 7) is 1.52. The summed E-state index contributed by atoms with van der Waals surface area (Å²) in [6, 6.07) is 8.13. The van der Waals surface area contributed by atoms with Gasteiger partial charge in [-0.2, -0.15) is 31.6 Å². The van der Waals surface area contributed by atoms with E-state index in [4.69, 9.17) is 14.7 Å². The highest BCUT2D eigenvalue weighted by Gasteiger charge is 2.72. The van der Waals surface area contributed by atoms with Gasteiger partial charge in [-0.25, -0.2) is 4.90 Å². The minimum atomic E-state index is -4.88. The Morgan fingerprint density at radius 3 is 2.24 bits per heavy atom. The van der Waals surface area contributed by atoms with E-state index < -0.39 is 63.9 Å². The third-order valence-corrected chi connectivity index (χ3v) is 7.19. The Labute approximate surface area is 212 Å². The number of rotatable bonds is 5. The van der Waals surface area contributed by atoms with Gasteiger partial charge in [0, 0.05) is 6.42 Å². The van der Waals surface area contributed by atoms with Gasteiger partial charge in [-0.15, -0.1) is 0 Å². The molecule has 2 aromatic rings. The van der Waals surface area contributed by atoms with Crippen molar-refractivity contribution < 1.29 is 45.4 Å². The highest BCUT2D eigenvalue weighted by molar-refractivity contribution is 6.23. The normalized spacial score (nSPS) is 28.1. The molecule has 2 aromatic carbocycles. The van der Waals surface area contributed by atoms with Crippen molar-refractivity contribution in [2.75, 3.05) is 11.5 Å². The summed E-state index contributed by atoms with van der Waals surface area (Å²) >= 11 is 0. The minimum absolute atomic E-state index is 0.0509. The molecular formula is C26H18F6N2O4. The first-order valence-electron chi connectivity index (χ1n) is 11.4. The number of benzene rings is 2. The monoisotopic (exact) mass is 536 g/mol. The van der Waals surface area contributed by atoms with Crippen LogP contribution in [0.1, 0.15) is 30.0 Å². The fourth-order valence-corrected chi connectivity index (χ4v) is 5.47. The summed E-state index contributed by atoms with van der Waals surface area (Å²) in [5.74, 6) is -3.38. The molecule has 38 heavy (non-hydrogen) atoms. The topological polar surface area (TPSA) is 79.6 Å². The summed E-state index contributed by atoms with van der Waals surface area (Å²) < 4.78 is 90.5. The van der Waals surface area contributed by atoms with Crippen LogP contribution >= 0.6 is 0 Å². The minimum Gasteiger partial charge on any atom is -0.493 e. The van der Waals surface area contributed by atoms with Gasteiger partial charge in [-0.3, -0.25) is 9.59 Å². The number of nitrogens with zero attached hydrogens (tertiary/aromatic N) is 2. The number of hydrogen-bond acceptors (Lipinski definition) is 5. The molecular weight excluding hydrogens is 518 g/mol. The van der Waals surface area contributed by atoms with E-state index >= 15 is 0 Å². The Balaban J connectivity index is 1.39. The fraction of sp³-hybridized carbons (Fsp3) is 0.346. The van der Waals surface area contributed by atoms with Crippen LogP contribution in [0.25, 0.3) is 0 Å². The molecule has 0 saturated carbocycles. The zero-order valence-corrected chi connectivity index (χ0v) is 19.6. The number of hydrogen-bond donors (Lipinski definition) is 0. The van der Waals surface area contributed by atoms with Gasteiger partial charge < -0.3 is 9.47 Å². The SMILES string of the molecule is CC12C=CC(CCOc3ccc(C(F)(F)F)cc3)(O1)[C@@H]1C(=O)N(c3ccc(C#N)c(C(F)(F)F)c3)C(=O)[C@@H]12. The van der Waals surface area contributed by atoms with Gasteiger partial charge in [0.15, 0.2) is 0 Å². The lowest BCUT2D eigenvalue weighted by Crippen LogP contribution is -2.42. The first kappa shape index (κ1) is 25.8. The van der Waals surface area contributed by atoms with Crippen molar-refractivity contribution in [1.29, 1.82) is 5.26 Å². The molecule has 3 heterocycles. The lowest BCUT2D eigenvalue weighted by molar-refractivity contribution is -0.138. The van der Waals surface area contributed by atoms with Gasteiger partial charge in [0.25, 0.3) is 0 Å². The Hall–Kier alpha value is -3.85. The molecule has 12 heteroatoms. The maximum absolute atomic E-state index is 13.5. The number of halogens is 6. The molecule has 4 atom stereocenters. The largest absolute Gasteiger partial charge is 0.493 e. The van der Waals surface area contributed by atoms with Crippen molar-refractivity contribution in [2.45, 2.75) is 36.9 Å². The van der Waals surface area contributed by atoms with Crippen LogP contribution < -0.4 is 9.64 Å². The van der Waals surface area contributed by atoms with Gasteiger partial charge in [0.05, 0.1) is 52.5 Å². The van der Waals surface area contributed by atoms with E-state index in [9.17, 15) is 35.9 Å². The van der Waals surface area contributed by atoms with Crippen LogP contribution in [0.15, 0.2) is 54.6 Å². The highest BCUT2D eigenvalue weighted by Crippen LogP contribution is 2.59. The van der Waals surface area contributed by atoms with Gasteiger partial charge in [-0.1, -0.05) is 12.2 Å². The second kappa shape index (κ2) is 8.33. The van der Waals surface area contributed by atoms with Crippen LogP contribution in [0.5, 0.6) is 5.75 Å². The molecule has 2 saturated heterocycles. The number of anilines is 1. The zero-order chi connectivity index (χ0) is 27.7. The first-order valence-corrected chi connectivity index (χ1v) is 11.4. The van der Waals surface area contributed by atoms with Gasteiger partial charge >= 0.3 is 12.4 Å². The Morgan fingerprint density at radius 1 is 0.974 bits per heavy atom. The second-order valence-electron chi connectivity index (χ2n) is 9.50. The number of ether oxygens (including phenoxy) is 2. The summed E-state index contributed by atoms with van der Waals surface area (Å²) in [4.78, 5) is 27.6. The molecule has 2 fully saturated rings. The average Bonchev–Trinajstić information content (AvgIpc) is 3.42. The summed E-state index contributed by atoms with van der Waals surface area (Å²) in [5, 5.41) is 9.05. The highest BCUT2D eigenvalue weighted by atomic mass is 19.4.